The molecular weight excluding hydrogens is 260 g/mol. The average Bonchev–Trinajstić information content (AvgIpc) is 2.53. The third kappa shape index (κ3) is 4.22. The number of benzene rings is 1. The first-order chi connectivity index (χ1) is 10.2. The van der Waals surface area contributed by atoms with Crippen molar-refractivity contribution >= 4 is 11.5 Å². The van der Waals surface area contributed by atoms with Gasteiger partial charge in [-0.2, -0.15) is 5.26 Å². The topological polar surface area (TPSA) is 52.0 Å². The largest absolute Gasteiger partial charge is 0.370 e. The molecule has 0 saturated heterocycles. The molecule has 0 amide bonds. The fourth-order valence-corrected chi connectivity index (χ4v) is 2.11. The lowest BCUT2D eigenvalue weighted by atomic mass is 10.1. The van der Waals surface area contributed by atoms with E-state index in [9.17, 15) is 0 Å². The lowest BCUT2D eigenvalue weighted by Gasteiger charge is -2.20. The molecule has 0 fully saturated rings. The third-order valence-electron chi connectivity index (χ3n) is 3.22. The van der Waals surface area contributed by atoms with Crippen LogP contribution in [0.2, 0.25) is 0 Å². The molecule has 0 spiro atoms. The van der Waals surface area contributed by atoms with E-state index in [2.05, 4.69) is 28.2 Å². The van der Waals surface area contributed by atoms with Crippen LogP contribution in [0, 0.1) is 11.3 Å². The van der Waals surface area contributed by atoms with Gasteiger partial charge < -0.3 is 10.2 Å². The second kappa shape index (κ2) is 7.30. The second-order valence-electron chi connectivity index (χ2n) is 4.99. The van der Waals surface area contributed by atoms with E-state index in [1.165, 1.54) is 0 Å². The Morgan fingerprint density at radius 1 is 1.29 bits per heavy atom. The van der Waals surface area contributed by atoms with Crippen LogP contribution >= 0.6 is 0 Å². The Labute approximate surface area is 126 Å². The molecule has 108 valence electrons. The minimum atomic E-state index is 0.695. The normalized spacial score (nSPS) is 9.95. The summed E-state index contributed by atoms with van der Waals surface area (Å²) in [7, 11) is 2.04. The molecule has 0 radical (unpaired) electrons. The van der Waals surface area contributed by atoms with Crippen LogP contribution in [0.3, 0.4) is 0 Å². The summed E-state index contributed by atoms with van der Waals surface area (Å²) in [5, 5.41) is 12.2. The molecule has 0 unspecified atom stereocenters. The van der Waals surface area contributed by atoms with Crippen LogP contribution in [-0.4, -0.2) is 18.6 Å². The highest BCUT2D eigenvalue weighted by molar-refractivity contribution is 5.53. The van der Waals surface area contributed by atoms with Crippen molar-refractivity contribution in [3.8, 4) is 6.07 Å². The monoisotopic (exact) mass is 280 g/mol. The summed E-state index contributed by atoms with van der Waals surface area (Å²) in [6, 6.07) is 13.9. The molecule has 0 atom stereocenters. The summed E-state index contributed by atoms with van der Waals surface area (Å²) in [5.41, 5.74) is 2.92. The summed E-state index contributed by atoms with van der Waals surface area (Å²) < 4.78 is 0. The Morgan fingerprint density at radius 3 is 2.90 bits per heavy atom. The van der Waals surface area contributed by atoms with Crippen LogP contribution in [0.1, 0.15) is 24.5 Å². The smallest absolute Gasteiger partial charge is 0.127 e. The number of aromatic nitrogens is 1. The Morgan fingerprint density at radius 2 is 2.14 bits per heavy atom. The first-order valence-corrected chi connectivity index (χ1v) is 7.13. The van der Waals surface area contributed by atoms with Gasteiger partial charge in [-0.05, 0) is 30.2 Å². The van der Waals surface area contributed by atoms with Crippen LogP contribution in [-0.2, 0) is 6.54 Å². The molecule has 1 aromatic carbocycles. The molecule has 1 N–H and O–H groups in total. The quantitative estimate of drug-likeness (QED) is 0.881. The molecule has 1 heterocycles. The molecule has 1 aromatic heterocycles. The summed E-state index contributed by atoms with van der Waals surface area (Å²) >= 11 is 0. The molecule has 4 heteroatoms. The van der Waals surface area contributed by atoms with Gasteiger partial charge in [0.2, 0.25) is 0 Å². The number of hydrogen-bond acceptors (Lipinski definition) is 4. The van der Waals surface area contributed by atoms with Crippen LogP contribution < -0.4 is 10.2 Å². The van der Waals surface area contributed by atoms with Gasteiger partial charge >= 0.3 is 0 Å². The van der Waals surface area contributed by atoms with Crippen LogP contribution in [0.5, 0.6) is 0 Å². The first-order valence-electron chi connectivity index (χ1n) is 7.13. The first kappa shape index (κ1) is 14.9. The molecule has 0 aliphatic rings. The fraction of sp³-hybridized carbons (Fsp3) is 0.294. The van der Waals surface area contributed by atoms with Crippen molar-refractivity contribution in [2.45, 2.75) is 19.9 Å². The van der Waals surface area contributed by atoms with Gasteiger partial charge in [-0.25, -0.2) is 4.98 Å². The van der Waals surface area contributed by atoms with Crippen molar-refractivity contribution in [2.24, 2.45) is 0 Å². The van der Waals surface area contributed by atoms with E-state index in [-0.39, 0.29) is 0 Å². The van der Waals surface area contributed by atoms with Gasteiger partial charge in [0.05, 0.1) is 11.6 Å². The Balaban J connectivity index is 2.09. The predicted molar refractivity (Wildman–Crippen MR) is 86.3 cm³/mol. The fourth-order valence-electron chi connectivity index (χ4n) is 2.11. The highest BCUT2D eigenvalue weighted by atomic mass is 15.1. The lowest BCUT2D eigenvalue weighted by Crippen LogP contribution is -2.16. The Bertz CT molecular complexity index is 631. The van der Waals surface area contributed by atoms with E-state index in [0.717, 1.165) is 36.6 Å². The van der Waals surface area contributed by atoms with Crippen LogP contribution in [0.25, 0.3) is 0 Å². The van der Waals surface area contributed by atoms with Gasteiger partial charge in [0, 0.05) is 38.1 Å². The van der Waals surface area contributed by atoms with Crippen molar-refractivity contribution in [3.63, 3.8) is 0 Å². The highest BCUT2D eigenvalue weighted by Gasteiger charge is 2.04. The molecule has 2 aromatic rings. The van der Waals surface area contributed by atoms with Gasteiger partial charge in [0.1, 0.15) is 5.82 Å². The van der Waals surface area contributed by atoms with Crippen molar-refractivity contribution in [3.05, 3.63) is 53.7 Å². The summed E-state index contributed by atoms with van der Waals surface area (Å²) in [4.78, 5) is 6.46. The van der Waals surface area contributed by atoms with Gasteiger partial charge in [0.25, 0.3) is 0 Å². The molecule has 0 saturated carbocycles. The van der Waals surface area contributed by atoms with Crippen LogP contribution in [0.4, 0.5) is 11.5 Å². The van der Waals surface area contributed by atoms with Crippen LogP contribution in [0.15, 0.2) is 42.6 Å². The maximum Gasteiger partial charge on any atom is 0.127 e. The van der Waals surface area contributed by atoms with Crippen molar-refractivity contribution in [1.82, 2.24) is 4.98 Å². The number of pyridine rings is 1. The molecule has 4 nitrogen and oxygen atoms in total. The average molecular weight is 280 g/mol. The number of rotatable bonds is 6. The number of nitrogens with one attached hydrogen (secondary N) is 1. The van der Waals surface area contributed by atoms with E-state index < -0.39 is 0 Å². The Hall–Kier alpha value is -2.54. The van der Waals surface area contributed by atoms with E-state index in [0.29, 0.717) is 5.56 Å². The molecular formula is C17H20N4. The minimum absolute atomic E-state index is 0.695. The van der Waals surface area contributed by atoms with Crippen molar-refractivity contribution < 1.29 is 0 Å². The molecule has 0 aliphatic carbocycles. The summed E-state index contributed by atoms with van der Waals surface area (Å²) in [6.07, 6.45) is 2.89. The number of hydrogen-bond donors (Lipinski definition) is 1. The maximum atomic E-state index is 8.95. The standard InChI is InChI=1S/C17H20N4/c1-3-8-19-17-11-16(7-9-20-17)21(2)13-15-6-4-5-14(10-15)12-18/h4-7,9-11H,3,8,13H2,1-2H3,(H,19,20). The lowest BCUT2D eigenvalue weighted by molar-refractivity contribution is 0.917. The molecule has 0 bridgehead atoms. The summed E-state index contributed by atoms with van der Waals surface area (Å²) in [5.74, 6) is 0.895. The van der Waals surface area contributed by atoms with Crippen molar-refractivity contribution in [1.29, 1.82) is 5.26 Å². The van der Waals surface area contributed by atoms with E-state index >= 15 is 0 Å². The SMILES string of the molecule is CCCNc1cc(N(C)Cc2cccc(C#N)c2)ccn1. The highest BCUT2D eigenvalue weighted by Crippen LogP contribution is 2.18. The molecule has 2 rings (SSSR count). The predicted octanol–water partition coefficient (Wildman–Crippen LogP) is 3.41. The minimum Gasteiger partial charge on any atom is -0.370 e. The zero-order valence-corrected chi connectivity index (χ0v) is 12.5. The third-order valence-corrected chi connectivity index (χ3v) is 3.22. The summed E-state index contributed by atoms with van der Waals surface area (Å²) in [6.45, 7) is 3.81. The zero-order chi connectivity index (χ0) is 15.1. The number of nitriles is 1. The van der Waals surface area contributed by atoms with E-state index in [1.807, 2.05) is 49.6 Å². The van der Waals surface area contributed by atoms with E-state index in [1.54, 1.807) is 0 Å². The number of anilines is 2. The van der Waals surface area contributed by atoms with Gasteiger partial charge in [-0.1, -0.05) is 19.1 Å². The van der Waals surface area contributed by atoms with Gasteiger partial charge in [0.15, 0.2) is 0 Å². The van der Waals surface area contributed by atoms with Gasteiger partial charge in [-0.3, -0.25) is 0 Å². The van der Waals surface area contributed by atoms with Gasteiger partial charge in [-0.15, -0.1) is 0 Å². The zero-order valence-electron chi connectivity index (χ0n) is 12.5. The number of nitrogens with zero attached hydrogens (tertiary/aromatic N) is 3. The molecule has 0 aliphatic heterocycles. The Kier molecular flexibility index (Phi) is 5.16. The van der Waals surface area contributed by atoms with Crippen molar-refractivity contribution in [2.75, 3.05) is 23.8 Å². The van der Waals surface area contributed by atoms with E-state index in [4.69, 9.17) is 5.26 Å². The second-order valence-corrected chi connectivity index (χ2v) is 4.99. The molecule has 21 heavy (non-hydrogen) atoms. The maximum absolute atomic E-state index is 8.95.